The molecular formula is C21H23N3O4S. The number of phenolic OH excluding ortho intramolecular Hbond substituents is 1. The van der Waals surface area contributed by atoms with Crippen molar-refractivity contribution in [2.75, 3.05) is 0 Å². The van der Waals surface area contributed by atoms with E-state index in [0.717, 1.165) is 18.4 Å². The molecule has 2 aromatic rings. The monoisotopic (exact) mass is 413 g/mol. The highest BCUT2D eigenvalue weighted by atomic mass is 32.1. The van der Waals surface area contributed by atoms with Crippen LogP contribution in [0.3, 0.4) is 0 Å². The Balaban J connectivity index is 1.59. The van der Waals surface area contributed by atoms with Gasteiger partial charge in [-0.2, -0.15) is 16.6 Å². The Labute approximate surface area is 173 Å². The number of rotatable bonds is 6. The number of hydrogen-bond acceptors (Lipinski definition) is 6. The highest BCUT2D eigenvalue weighted by Crippen LogP contribution is 2.26. The molecule has 8 heteroatoms. The van der Waals surface area contributed by atoms with Crippen molar-refractivity contribution in [3.8, 4) is 11.8 Å². The Bertz CT molecular complexity index is 878. The molecule has 1 aromatic heterocycles. The normalized spacial score (nSPS) is 19.6. The summed E-state index contributed by atoms with van der Waals surface area (Å²) in [5.41, 5.74) is 1.43. The number of phenols is 1. The van der Waals surface area contributed by atoms with Crippen LogP contribution in [0.15, 0.2) is 41.1 Å². The van der Waals surface area contributed by atoms with Crippen molar-refractivity contribution in [2.45, 2.75) is 44.4 Å². The first-order valence-corrected chi connectivity index (χ1v) is 10.4. The van der Waals surface area contributed by atoms with Gasteiger partial charge >= 0.3 is 6.09 Å². The molecule has 1 saturated carbocycles. The van der Waals surface area contributed by atoms with Crippen molar-refractivity contribution >= 4 is 23.3 Å². The lowest BCUT2D eigenvalue weighted by molar-refractivity contribution is -0.127. The number of alkyl carbamates (subject to hydrolysis) is 1. The van der Waals surface area contributed by atoms with Crippen LogP contribution in [0, 0.1) is 17.2 Å². The minimum atomic E-state index is -0.872. The first kappa shape index (κ1) is 20.7. The van der Waals surface area contributed by atoms with Crippen molar-refractivity contribution in [1.29, 1.82) is 5.26 Å². The molecule has 1 fully saturated rings. The van der Waals surface area contributed by atoms with E-state index in [1.54, 1.807) is 12.1 Å². The highest BCUT2D eigenvalue weighted by molar-refractivity contribution is 7.07. The number of thiophene rings is 1. The molecule has 29 heavy (non-hydrogen) atoms. The number of hydrogen-bond donors (Lipinski definition) is 3. The minimum Gasteiger partial charge on any atom is -0.508 e. The lowest BCUT2D eigenvalue weighted by atomic mass is 9.83. The number of carbonyl (C=O) groups is 2. The number of aromatic hydroxyl groups is 1. The van der Waals surface area contributed by atoms with E-state index in [9.17, 15) is 20.0 Å². The molecule has 0 bridgehead atoms. The van der Waals surface area contributed by atoms with Gasteiger partial charge in [0.2, 0.25) is 5.91 Å². The van der Waals surface area contributed by atoms with Gasteiger partial charge in [-0.15, -0.1) is 0 Å². The zero-order chi connectivity index (χ0) is 20.6. The number of carbonyl (C=O) groups excluding carboxylic acids is 2. The van der Waals surface area contributed by atoms with E-state index in [1.165, 1.54) is 23.5 Å². The van der Waals surface area contributed by atoms with Crippen LogP contribution in [0.2, 0.25) is 0 Å². The van der Waals surface area contributed by atoms with Crippen LogP contribution in [0.25, 0.3) is 0 Å². The molecule has 0 aliphatic heterocycles. The van der Waals surface area contributed by atoms with Gasteiger partial charge in [0, 0.05) is 11.6 Å². The molecule has 152 valence electrons. The van der Waals surface area contributed by atoms with Gasteiger partial charge in [-0.25, -0.2) is 4.79 Å². The van der Waals surface area contributed by atoms with Gasteiger partial charge in [-0.05, 0) is 47.4 Å². The third-order valence-corrected chi connectivity index (χ3v) is 5.71. The second-order valence-electron chi connectivity index (χ2n) is 7.02. The first-order chi connectivity index (χ1) is 14.1. The molecule has 3 atom stereocenters. The van der Waals surface area contributed by atoms with Crippen molar-refractivity contribution in [1.82, 2.24) is 10.6 Å². The maximum atomic E-state index is 12.8. The van der Waals surface area contributed by atoms with Crippen LogP contribution in [0.5, 0.6) is 5.75 Å². The molecule has 2 amide bonds. The van der Waals surface area contributed by atoms with Crippen LogP contribution in [0.4, 0.5) is 4.79 Å². The second kappa shape index (κ2) is 9.94. The summed E-state index contributed by atoms with van der Waals surface area (Å²) in [5, 5.41) is 28.4. The number of nitrogens with one attached hydrogen (secondary N) is 2. The Morgan fingerprint density at radius 3 is 2.86 bits per heavy atom. The number of nitrogens with zero attached hydrogens (tertiary/aromatic N) is 1. The van der Waals surface area contributed by atoms with E-state index >= 15 is 0 Å². The van der Waals surface area contributed by atoms with Crippen LogP contribution in [0.1, 0.15) is 42.9 Å². The SMILES string of the molecule is N#CC(NC(=O)C1CCCCC1NC(=O)OCc1ccsc1)c1cccc(O)c1. The van der Waals surface area contributed by atoms with Gasteiger partial charge in [0.25, 0.3) is 0 Å². The maximum Gasteiger partial charge on any atom is 0.407 e. The van der Waals surface area contributed by atoms with E-state index in [2.05, 4.69) is 16.7 Å². The van der Waals surface area contributed by atoms with Crippen LogP contribution in [-0.4, -0.2) is 23.1 Å². The molecule has 1 aromatic carbocycles. The number of benzene rings is 1. The van der Waals surface area contributed by atoms with E-state index in [0.29, 0.717) is 18.4 Å². The fraction of sp³-hybridized carbons (Fsp3) is 0.381. The van der Waals surface area contributed by atoms with Gasteiger partial charge in [-0.3, -0.25) is 4.79 Å². The summed E-state index contributed by atoms with van der Waals surface area (Å²) in [5.74, 6) is -0.698. The molecule has 1 aliphatic carbocycles. The van der Waals surface area contributed by atoms with E-state index in [1.807, 2.05) is 16.8 Å². The van der Waals surface area contributed by atoms with Crippen LogP contribution in [-0.2, 0) is 16.1 Å². The van der Waals surface area contributed by atoms with Gasteiger partial charge < -0.3 is 20.5 Å². The summed E-state index contributed by atoms with van der Waals surface area (Å²) in [4.78, 5) is 25.0. The summed E-state index contributed by atoms with van der Waals surface area (Å²) in [6.45, 7) is 0.187. The standard InChI is InChI=1S/C21H23N3O4S/c22-11-19(15-4-3-5-16(25)10-15)23-20(26)17-6-1-2-7-18(17)24-21(27)28-12-14-8-9-29-13-14/h3-5,8-10,13,17-19,25H,1-2,6-7,12H2,(H,23,26)(H,24,27). The molecule has 3 unspecified atom stereocenters. The Hall–Kier alpha value is -3.05. The molecule has 0 radical (unpaired) electrons. The Kier molecular flexibility index (Phi) is 7.09. The smallest absolute Gasteiger partial charge is 0.407 e. The summed E-state index contributed by atoms with van der Waals surface area (Å²) < 4.78 is 5.25. The fourth-order valence-corrected chi connectivity index (χ4v) is 4.13. The van der Waals surface area contributed by atoms with E-state index in [4.69, 9.17) is 4.74 Å². The number of amides is 2. The minimum absolute atomic E-state index is 0.0302. The van der Waals surface area contributed by atoms with Gasteiger partial charge in [-0.1, -0.05) is 25.0 Å². The molecule has 0 spiro atoms. The molecule has 3 rings (SSSR count). The summed E-state index contributed by atoms with van der Waals surface area (Å²) in [7, 11) is 0. The van der Waals surface area contributed by atoms with Crippen molar-refractivity contribution in [3.05, 3.63) is 52.2 Å². The van der Waals surface area contributed by atoms with E-state index in [-0.39, 0.29) is 24.3 Å². The quantitative estimate of drug-likeness (QED) is 0.670. The largest absolute Gasteiger partial charge is 0.508 e. The Morgan fingerprint density at radius 1 is 1.31 bits per heavy atom. The fourth-order valence-electron chi connectivity index (χ4n) is 3.48. The molecule has 0 saturated heterocycles. The summed E-state index contributed by atoms with van der Waals surface area (Å²) >= 11 is 1.53. The maximum absolute atomic E-state index is 12.8. The zero-order valence-corrected chi connectivity index (χ0v) is 16.7. The lowest BCUT2D eigenvalue weighted by Crippen LogP contribution is -2.49. The first-order valence-electron chi connectivity index (χ1n) is 9.50. The summed E-state index contributed by atoms with van der Waals surface area (Å²) in [6, 6.07) is 8.97. The van der Waals surface area contributed by atoms with Crippen molar-refractivity contribution in [2.24, 2.45) is 5.92 Å². The predicted octanol–water partition coefficient (Wildman–Crippen LogP) is 3.62. The molecule has 1 aliphatic rings. The van der Waals surface area contributed by atoms with Crippen LogP contribution < -0.4 is 10.6 Å². The van der Waals surface area contributed by atoms with E-state index < -0.39 is 18.1 Å². The van der Waals surface area contributed by atoms with Crippen molar-refractivity contribution < 1.29 is 19.4 Å². The molecule has 3 N–H and O–H groups in total. The zero-order valence-electron chi connectivity index (χ0n) is 15.8. The van der Waals surface area contributed by atoms with Gasteiger partial charge in [0.1, 0.15) is 18.4 Å². The third-order valence-electron chi connectivity index (χ3n) is 4.98. The van der Waals surface area contributed by atoms with Gasteiger partial charge in [0.15, 0.2) is 0 Å². The number of nitriles is 1. The van der Waals surface area contributed by atoms with Gasteiger partial charge in [0.05, 0.1) is 12.0 Å². The lowest BCUT2D eigenvalue weighted by Gasteiger charge is -2.31. The number of ether oxygens (including phenoxy) is 1. The third kappa shape index (κ3) is 5.72. The average molecular weight is 413 g/mol. The predicted molar refractivity (Wildman–Crippen MR) is 108 cm³/mol. The topological polar surface area (TPSA) is 111 Å². The van der Waals surface area contributed by atoms with Crippen molar-refractivity contribution in [3.63, 3.8) is 0 Å². The molecule has 7 nitrogen and oxygen atoms in total. The highest BCUT2D eigenvalue weighted by Gasteiger charge is 2.33. The average Bonchev–Trinajstić information content (AvgIpc) is 3.24. The molecular weight excluding hydrogens is 390 g/mol. The molecule has 1 heterocycles. The van der Waals surface area contributed by atoms with Crippen LogP contribution >= 0.6 is 11.3 Å². The Morgan fingerprint density at radius 2 is 2.14 bits per heavy atom. The summed E-state index contributed by atoms with van der Waals surface area (Å²) in [6.07, 6.45) is 2.54. The second-order valence-corrected chi connectivity index (χ2v) is 7.80.